The monoisotopic (exact) mass is 540 g/mol. The Morgan fingerprint density at radius 2 is 1.72 bits per heavy atom. The molecule has 1 amide bonds. The molecule has 39 heavy (non-hydrogen) atoms. The fraction of sp³-hybridized carbons (Fsp3) is 0.250. The predicted octanol–water partition coefficient (Wildman–Crippen LogP) is 5.53. The maximum Gasteiger partial charge on any atom is 0.416 e. The van der Waals surface area contributed by atoms with E-state index in [2.05, 4.69) is 15.0 Å². The molecular weight excluding hydrogens is 516 g/mol. The van der Waals surface area contributed by atoms with Crippen molar-refractivity contribution in [3.05, 3.63) is 89.2 Å². The first-order valence-corrected chi connectivity index (χ1v) is 12.2. The van der Waals surface area contributed by atoms with Gasteiger partial charge in [0.2, 0.25) is 5.82 Å². The quantitative estimate of drug-likeness (QED) is 0.300. The second kappa shape index (κ2) is 10.9. The summed E-state index contributed by atoms with van der Waals surface area (Å²) in [6.07, 6.45) is -4.47. The van der Waals surface area contributed by atoms with Crippen LogP contribution in [-0.2, 0) is 12.7 Å². The molecule has 1 aromatic heterocycles. The van der Waals surface area contributed by atoms with Gasteiger partial charge in [0.25, 0.3) is 11.8 Å². The molecule has 0 spiro atoms. The van der Waals surface area contributed by atoms with Gasteiger partial charge in [0.1, 0.15) is 0 Å². The molecule has 0 radical (unpaired) electrons. The Labute approximate surface area is 221 Å². The first-order chi connectivity index (χ1) is 18.7. The molecule has 0 bridgehead atoms. The van der Waals surface area contributed by atoms with Crippen LogP contribution < -0.4 is 4.74 Å². The van der Waals surface area contributed by atoms with Gasteiger partial charge in [-0.15, -0.1) is 0 Å². The Balaban J connectivity index is 1.22. The Bertz CT molecular complexity index is 1480. The number of halogens is 4. The van der Waals surface area contributed by atoms with Crippen LogP contribution in [0.2, 0.25) is 0 Å². The predicted molar refractivity (Wildman–Crippen MR) is 134 cm³/mol. The van der Waals surface area contributed by atoms with Crippen LogP contribution in [0.5, 0.6) is 5.75 Å². The largest absolute Gasteiger partial charge is 0.494 e. The molecule has 1 aliphatic heterocycles. The van der Waals surface area contributed by atoms with Gasteiger partial charge in [0.05, 0.1) is 12.7 Å². The second-order valence-electron chi connectivity index (χ2n) is 9.12. The number of carbonyl (C=O) groups excluding carboxylic acids is 1. The fourth-order valence-electron chi connectivity index (χ4n) is 4.44. The number of ether oxygens (including phenoxy) is 1. The van der Waals surface area contributed by atoms with Crippen molar-refractivity contribution >= 4 is 5.91 Å². The summed E-state index contributed by atoms with van der Waals surface area (Å²) in [7, 11) is 1.36. The van der Waals surface area contributed by atoms with E-state index in [1.807, 2.05) is 18.2 Å². The summed E-state index contributed by atoms with van der Waals surface area (Å²) in [4.78, 5) is 21.1. The van der Waals surface area contributed by atoms with Crippen LogP contribution in [0.25, 0.3) is 22.8 Å². The van der Waals surface area contributed by atoms with Crippen molar-refractivity contribution in [2.75, 3.05) is 33.3 Å². The molecule has 1 aliphatic rings. The number of hydrogen-bond donors (Lipinski definition) is 0. The molecule has 0 aliphatic carbocycles. The van der Waals surface area contributed by atoms with Crippen molar-refractivity contribution in [3.8, 4) is 28.6 Å². The standard InChI is InChI=1S/C28H24F4N4O3/c1-38-24-16-21(8-9-23(24)29)27(37)36-12-10-35(11-13-36)17-18-4-2-5-19(14-18)25-33-26(39-34-25)20-6-3-7-22(15-20)28(30,31)32/h2-9,14-16H,10-13,17H2,1H3. The summed E-state index contributed by atoms with van der Waals surface area (Å²) in [5.41, 5.74) is 1.43. The van der Waals surface area contributed by atoms with E-state index in [0.29, 0.717) is 43.9 Å². The minimum Gasteiger partial charge on any atom is -0.494 e. The first kappa shape index (κ1) is 26.4. The van der Waals surface area contributed by atoms with Crippen LogP contribution in [0.4, 0.5) is 17.6 Å². The van der Waals surface area contributed by atoms with Crippen LogP contribution >= 0.6 is 0 Å². The topological polar surface area (TPSA) is 71.7 Å². The molecule has 3 aromatic carbocycles. The number of hydrogen-bond acceptors (Lipinski definition) is 6. The average Bonchev–Trinajstić information content (AvgIpc) is 3.44. The Kier molecular flexibility index (Phi) is 7.34. The summed E-state index contributed by atoms with van der Waals surface area (Å²) < 4.78 is 63.1. The van der Waals surface area contributed by atoms with Crippen molar-refractivity contribution in [2.45, 2.75) is 12.7 Å². The number of rotatable bonds is 6. The van der Waals surface area contributed by atoms with Gasteiger partial charge in [-0.25, -0.2) is 4.39 Å². The van der Waals surface area contributed by atoms with Gasteiger partial charge in [-0.2, -0.15) is 18.2 Å². The summed E-state index contributed by atoms with van der Waals surface area (Å²) in [5, 5.41) is 3.96. The zero-order chi connectivity index (χ0) is 27.6. The van der Waals surface area contributed by atoms with Crippen LogP contribution in [0.3, 0.4) is 0 Å². The Morgan fingerprint density at radius 1 is 0.974 bits per heavy atom. The molecule has 0 N–H and O–H groups in total. The lowest BCUT2D eigenvalue weighted by Crippen LogP contribution is -2.48. The van der Waals surface area contributed by atoms with E-state index in [1.165, 1.54) is 37.4 Å². The SMILES string of the molecule is COc1cc(C(=O)N2CCN(Cc3cccc(-c4noc(-c5cccc(C(F)(F)F)c5)n4)c3)CC2)ccc1F. The lowest BCUT2D eigenvalue weighted by molar-refractivity contribution is -0.137. The van der Waals surface area contributed by atoms with Crippen molar-refractivity contribution < 1.29 is 31.6 Å². The maximum absolute atomic E-state index is 13.7. The molecule has 1 saturated heterocycles. The number of nitrogens with zero attached hydrogens (tertiary/aromatic N) is 4. The lowest BCUT2D eigenvalue weighted by Gasteiger charge is -2.35. The number of amides is 1. The first-order valence-electron chi connectivity index (χ1n) is 12.2. The van der Waals surface area contributed by atoms with Gasteiger partial charge in [0, 0.05) is 49.4 Å². The molecule has 2 heterocycles. The lowest BCUT2D eigenvalue weighted by atomic mass is 10.1. The van der Waals surface area contributed by atoms with Gasteiger partial charge < -0.3 is 14.2 Å². The highest BCUT2D eigenvalue weighted by Gasteiger charge is 2.31. The molecule has 7 nitrogen and oxygen atoms in total. The van der Waals surface area contributed by atoms with Crippen molar-refractivity contribution in [1.29, 1.82) is 0 Å². The smallest absolute Gasteiger partial charge is 0.416 e. The number of piperazine rings is 1. The number of aromatic nitrogens is 2. The van der Waals surface area contributed by atoms with Gasteiger partial charge in [-0.1, -0.05) is 29.4 Å². The number of benzene rings is 3. The summed E-state index contributed by atoms with van der Waals surface area (Å²) in [5.74, 6) is -0.393. The van der Waals surface area contributed by atoms with Crippen molar-refractivity contribution in [2.24, 2.45) is 0 Å². The van der Waals surface area contributed by atoms with E-state index in [4.69, 9.17) is 9.26 Å². The van der Waals surface area contributed by atoms with E-state index >= 15 is 0 Å². The molecule has 0 atom stereocenters. The van der Waals surface area contributed by atoms with Gasteiger partial charge in [-0.3, -0.25) is 9.69 Å². The molecule has 0 unspecified atom stereocenters. The van der Waals surface area contributed by atoms with Crippen molar-refractivity contribution in [1.82, 2.24) is 19.9 Å². The molecule has 0 saturated carbocycles. The fourth-order valence-corrected chi connectivity index (χ4v) is 4.44. The maximum atomic E-state index is 13.7. The van der Waals surface area contributed by atoms with E-state index in [-0.39, 0.29) is 28.9 Å². The highest BCUT2D eigenvalue weighted by atomic mass is 19.4. The minimum absolute atomic E-state index is 0.000988. The molecule has 1 fully saturated rings. The summed E-state index contributed by atoms with van der Waals surface area (Å²) >= 11 is 0. The van der Waals surface area contributed by atoms with Gasteiger partial charge in [-0.05, 0) is 48.0 Å². The van der Waals surface area contributed by atoms with E-state index < -0.39 is 17.6 Å². The Morgan fingerprint density at radius 3 is 2.46 bits per heavy atom. The van der Waals surface area contributed by atoms with Gasteiger partial charge >= 0.3 is 6.18 Å². The normalized spacial score (nSPS) is 14.4. The average molecular weight is 541 g/mol. The molecular formula is C28H24F4N4O3. The molecule has 11 heteroatoms. The molecule has 202 valence electrons. The van der Waals surface area contributed by atoms with Crippen LogP contribution in [0, 0.1) is 5.82 Å². The molecule has 4 aromatic rings. The molecule has 5 rings (SSSR count). The van der Waals surface area contributed by atoms with Gasteiger partial charge in [0.15, 0.2) is 11.6 Å². The highest BCUT2D eigenvalue weighted by Crippen LogP contribution is 2.32. The highest BCUT2D eigenvalue weighted by molar-refractivity contribution is 5.94. The zero-order valence-corrected chi connectivity index (χ0v) is 20.9. The second-order valence-corrected chi connectivity index (χ2v) is 9.12. The van der Waals surface area contributed by atoms with Crippen molar-refractivity contribution in [3.63, 3.8) is 0 Å². The number of methoxy groups -OCH3 is 1. The van der Waals surface area contributed by atoms with E-state index in [0.717, 1.165) is 17.7 Å². The zero-order valence-electron chi connectivity index (χ0n) is 20.9. The summed E-state index contributed by atoms with van der Waals surface area (Å²) in [6.45, 7) is 2.96. The third-order valence-electron chi connectivity index (χ3n) is 6.51. The van der Waals surface area contributed by atoms with E-state index in [1.54, 1.807) is 11.0 Å². The van der Waals surface area contributed by atoms with Crippen LogP contribution in [0.15, 0.2) is 71.3 Å². The van der Waals surface area contributed by atoms with E-state index in [9.17, 15) is 22.4 Å². The Hall–Kier alpha value is -4.25. The minimum atomic E-state index is -4.47. The number of alkyl halides is 3. The summed E-state index contributed by atoms with van der Waals surface area (Å²) in [6, 6.07) is 16.4. The van der Waals surface area contributed by atoms with Crippen LogP contribution in [0.1, 0.15) is 21.5 Å². The number of carbonyl (C=O) groups is 1. The third-order valence-corrected chi connectivity index (χ3v) is 6.51. The van der Waals surface area contributed by atoms with Crippen LogP contribution in [-0.4, -0.2) is 59.1 Å². The third kappa shape index (κ3) is 5.93.